The van der Waals surface area contributed by atoms with Crippen LogP contribution in [0.1, 0.15) is 51.6 Å². The first-order valence-electron chi connectivity index (χ1n) is 8.10. The van der Waals surface area contributed by atoms with Crippen LogP contribution in [-0.2, 0) is 6.54 Å². The smallest absolute Gasteiger partial charge is 0.128 e. The highest BCUT2D eigenvalue weighted by molar-refractivity contribution is 5.39. The van der Waals surface area contributed by atoms with E-state index in [1.54, 1.807) is 0 Å². The third kappa shape index (κ3) is 4.20. The Kier molecular flexibility index (Phi) is 5.84. The summed E-state index contributed by atoms with van der Waals surface area (Å²) in [6.07, 6.45) is 6.48. The van der Waals surface area contributed by atoms with E-state index in [1.807, 2.05) is 0 Å². The minimum absolute atomic E-state index is 0.664. The van der Waals surface area contributed by atoms with Crippen molar-refractivity contribution in [3.63, 3.8) is 0 Å². The van der Waals surface area contributed by atoms with Gasteiger partial charge < -0.3 is 10.2 Å². The first-order valence-corrected chi connectivity index (χ1v) is 8.10. The van der Waals surface area contributed by atoms with Crippen LogP contribution in [0.15, 0.2) is 18.2 Å². The molecule has 2 rings (SSSR count). The number of anilines is 1. The maximum Gasteiger partial charge on any atom is 0.128 e. The molecule has 1 aromatic heterocycles. The van der Waals surface area contributed by atoms with E-state index in [1.165, 1.54) is 32.1 Å². The Balaban J connectivity index is 1.95. The molecule has 112 valence electrons. The summed E-state index contributed by atoms with van der Waals surface area (Å²) in [5.41, 5.74) is 1.15. The van der Waals surface area contributed by atoms with E-state index in [0.29, 0.717) is 6.04 Å². The van der Waals surface area contributed by atoms with Crippen LogP contribution in [0.25, 0.3) is 0 Å². The summed E-state index contributed by atoms with van der Waals surface area (Å²) in [7, 11) is 2.20. The van der Waals surface area contributed by atoms with Gasteiger partial charge in [0.25, 0.3) is 0 Å². The summed E-state index contributed by atoms with van der Waals surface area (Å²) in [5, 5.41) is 3.42. The fraction of sp³-hybridized carbons (Fsp3) is 0.706. The average molecular weight is 275 g/mol. The number of hydrogen-bond acceptors (Lipinski definition) is 3. The van der Waals surface area contributed by atoms with Crippen molar-refractivity contribution in [2.24, 2.45) is 5.92 Å². The number of rotatable bonds is 6. The van der Waals surface area contributed by atoms with Crippen LogP contribution in [0, 0.1) is 5.92 Å². The molecule has 1 aromatic rings. The van der Waals surface area contributed by atoms with Crippen LogP contribution >= 0.6 is 0 Å². The molecule has 1 heterocycles. The molecular weight excluding hydrogens is 246 g/mol. The minimum Gasteiger partial charge on any atom is -0.357 e. The maximum absolute atomic E-state index is 4.80. The molecule has 3 heteroatoms. The maximum atomic E-state index is 4.80. The molecule has 0 amide bonds. The van der Waals surface area contributed by atoms with Crippen molar-refractivity contribution >= 4 is 5.82 Å². The van der Waals surface area contributed by atoms with E-state index in [4.69, 9.17) is 4.98 Å². The highest BCUT2D eigenvalue weighted by atomic mass is 15.2. The molecular formula is C17H29N3. The second kappa shape index (κ2) is 7.63. The molecule has 0 radical (unpaired) electrons. The zero-order valence-corrected chi connectivity index (χ0v) is 13.2. The van der Waals surface area contributed by atoms with E-state index < -0.39 is 0 Å². The molecule has 1 N–H and O–H groups in total. The summed E-state index contributed by atoms with van der Waals surface area (Å²) >= 11 is 0. The van der Waals surface area contributed by atoms with Gasteiger partial charge in [0, 0.05) is 19.6 Å². The predicted octanol–water partition coefficient (Wildman–Crippen LogP) is 3.60. The van der Waals surface area contributed by atoms with E-state index in [2.05, 4.69) is 49.3 Å². The molecule has 0 saturated heterocycles. The molecule has 0 atom stereocenters. The van der Waals surface area contributed by atoms with Gasteiger partial charge in [-0.3, -0.25) is 0 Å². The van der Waals surface area contributed by atoms with Gasteiger partial charge in [-0.2, -0.15) is 0 Å². The Morgan fingerprint density at radius 2 is 2.00 bits per heavy atom. The van der Waals surface area contributed by atoms with E-state index in [-0.39, 0.29) is 0 Å². The zero-order valence-electron chi connectivity index (χ0n) is 13.2. The largest absolute Gasteiger partial charge is 0.357 e. The van der Waals surface area contributed by atoms with Crippen molar-refractivity contribution in [1.29, 1.82) is 0 Å². The third-order valence-electron chi connectivity index (χ3n) is 4.42. The topological polar surface area (TPSA) is 28.2 Å². The lowest BCUT2D eigenvalue weighted by Gasteiger charge is -2.34. The van der Waals surface area contributed by atoms with Crippen molar-refractivity contribution in [2.75, 3.05) is 18.5 Å². The zero-order chi connectivity index (χ0) is 14.4. The number of pyridine rings is 1. The molecule has 1 fully saturated rings. The molecule has 0 spiro atoms. The molecule has 0 aliphatic heterocycles. The third-order valence-corrected chi connectivity index (χ3v) is 4.42. The standard InChI is InChI=1S/C17H29N3/c1-4-12-18-13-15-6-5-7-17(19-15)20(3)16-10-8-14(2)9-11-16/h5-7,14,16,18H,4,8-13H2,1-3H3. The fourth-order valence-electron chi connectivity index (χ4n) is 2.97. The van der Waals surface area contributed by atoms with Gasteiger partial charge in [-0.15, -0.1) is 0 Å². The Hall–Kier alpha value is -1.09. The Morgan fingerprint density at radius 1 is 1.25 bits per heavy atom. The SMILES string of the molecule is CCCNCc1cccc(N(C)C2CCC(C)CC2)n1. The normalized spacial score (nSPS) is 22.8. The Bertz CT molecular complexity index is 397. The first kappa shape index (κ1) is 15.3. The number of nitrogens with zero attached hydrogens (tertiary/aromatic N) is 2. The van der Waals surface area contributed by atoms with Crippen LogP contribution < -0.4 is 10.2 Å². The number of aromatic nitrogens is 1. The van der Waals surface area contributed by atoms with Gasteiger partial charge in [-0.1, -0.05) is 19.9 Å². The molecule has 0 bridgehead atoms. The number of nitrogens with one attached hydrogen (secondary N) is 1. The van der Waals surface area contributed by atoms with Gasteiger partial charge in [0.15, 0.2) is 0 Å². The minimum atomic E-state index is 0.664. The monoisotopic (exact) mass is 275 g/mol. The second-order valence-corrected chi connectivity index (χ2v) is 6.19. The van der Waals surface area contributed by atoms with Crippen LogP contribution in [-0.4, -0.2) is 24.6 Å². The Morgan fingerprint density at radius 3 is 2.70 bits per heavy atom. The quantitative estimate of drug-likeness (QED) is 0.804. The molecule has 3 nitrogen and oxygen atoms in total. The van der Waals surface area contributed by atoms with Crippen LogP contribution in [0.2, 0.25) is 0 Å². The van der Waals surface area contributed by atoms with Crippen LogP contribution in [0.4, 0.5) is 5.82 Å². The van der Waals surface area contributed by atoms with Crippen molar-refractivity contribution in [3.05, 3.63) is 23.9 Å². The van der Waals surface area contributed by atoms with Crippen molar-refractivity contribution in [3.8, 4) is 0 Å². The highest BCUT2D eigenvalue weighted by Gasteiger charge is 2.22. The van der Waals surface area contributed by atoms with Gasteiger partial charge >= 0.3 is 0 Å². The summed E-state index contributed by atoms with van der Waals surface area (Å²) in [6, 6.07) is 7.05. The lowest BCUT2D eigenvalue weighted by Crippen LogP contribution is -2.35. The highest BCUT2D eigenvalue weighted by Crippen LogP contribution is 2.28. The van der Waals surface area contributed by atoms with E-state index in [9.17, 15) is 0 Å². The molecule has 0 unspecified atom stereocenters. The molecule has 20 heavy (non-hydrogen) atoms. The summed E-state index contributed by atoms with van der Waals surface area (Å²) < 4.78 is 0. The van der Waals surface area contributed by atoms with Gasteiger partial charge in [0.1, 0.15) is 5.82 Å². The molecule has 1 saturated carbocycles. The average Bonchev–Trinajstić information content (AvgIpc) is 2.48. The Labute approximate surface area is 123 Å². The molecule has 0 aromatic carbocycles. The first-order chi connectivity index (χ1) is 9.70. The summed E-state index contributed by atoms with van der Waals surface area (Å²) in [6.45, 7) is 6.49. The molecule has 1 aliphatic carbocycles. The van der Waals surface area contributed by atoms with Crippen molar-refractivity contribution in [1.82, 2.24) is 10.3 Å². The van der Waals surface area contributed by atoms with Gasteiger partial charge in [0.2, 0.25) is 0 Å². The summed E-state index contributed by atoms with van der Waals surface area (Å²) in [4.78, 5) is 7.19. The fourth-order valence-corrected chi connectivity index (χ4v) is 2.97. The van der Waals surface area contributed by atoms with Crippen molar-refractivity contribution in [2.45, 2.75) is 58.5 Å². The van der Waals surface area contributed by atoms with E-state index in [0.717, 1.165) is 30.5 Å². The summed E-state index contributed by atoms with van der Waals surface area (Å²) in [5.74, 6) is 2.03. The van der Waals surface area contributed by atoms with Gasteiger partial charge in [-0.25, -0.2) is 4.98 Å². The van der Waals surface area contributed by atoms with Crippen LogP contribution in [0.3, 0.4) is 0 Å². The molecule has 1 aliphatic rings. The van der Waals surface area contributed by atoms with Crippen molar-refractivity contribution < 1.29 is 0 Å². The van der Waals surface area contributed by atoms with Crippen LogP contribution in [0.5, 0.6) is 0 Å². The van der Waals surface area contributed by atoms with Gasteiger partial charge in [0.05, 0.1) is 5.69 Å². The van der Waals surface area contributed by atoms with Gasteiger partial charge in [-0.05, 0) is 56.7 Å². The number of hydrogen-bond donors (Lipinski definition) is 1. The van der Waals surface area contributed by atoms with E-state index >= 15 is 0 Å². The lowest BCUT2D eigenvalue weighted by atomic mass is 9.87. The lowest BCUT2D eigenvalue weighted by molar-refractivity contribution is 0.340. The predicted molar refractivity (Wildman–Crippen MR) is 86.1 cm³/mol. The second-order valence-electron chi connectivity index (χ2n) is 6.19.